The van der Waals surface area contributed by atoms with Gasteiger partial charge in [-0.3, -0.25) is 4.90 Å². The Morgan fingerprint density at radius 3 is 2.46 bits per heavy atom. The molecule has 2 rings (SSSR count). The van der Waals surface area contributed by atoms with Crippen LogP contribution < -0.4 is 0 Å². The molecule has 3 heteroatoms. The molecule has 72 valence electrons. The summed E-state index contributed by atoms with van der Waals surface area (Å²) in [6.45, 7) is 5.48. The molecule has 0 bridgehead atoms. The zero-order chi connectivity index (χ0) is 9.31. The van der Waals surface area contributed by atoms with Gasteiger partial charge in [-0.15, -0.1) is 0 Å². The second kappa shape index (κ2) is 3.28. The molecule has 2 aliphatic rings. The highest BCUT2D eigenvalue weighted by Crippen LogP contribution is 2.42. The third kappa shape index (κ3) is 1.56. The van der Waals surface area contributed by atoms with Gasteiger partial charge >= 0.3 is 0 Å². The van der Waals surface area contributed by atoms with Crippen LogP contribution in [-0.4, -0.2) is 36.7 Å². The van der Waals surface area contributed by atoms with Crippen molar-refractivity contribution < 1.29 is 4.74 Å². The lowest BCUT2D eigenvalue weighted by Gasteiger charge is -2.38. The van der Waals surface area contributed by atoms with Gasteiger partial charge in [-0.1, -0.05) is 0 Å². The van der Waals surface area contributed by atoms with Crippen LogP contribution in [0.5, 0.6) is 0 Å². The van der Waals surface area contributed by atoms with Crippen molar-refractivity contribution in [2.24, 2.45) is 5.92 Å². The minimum atomic E-state index is -0.218. The molecule has 0 amide bonds. The Balaban J connectivity index is 2.06. The standard InChI is InChI=1S/C10H16N2O/c1-10(8-11,9-2-3-9)12-4-6-13-7-5-12/h9H,2-7H2,1H3. The monoisotopic (exact) mass is 180 g/mol. The van der Waals surface area contributed by atoms with Crippen LogP contribution in [0.2, 0.25) is 0 Å². The van der Waals surface area contributed by atoms with Gasteiger partial charge in [-0.2, -0.15) is 5.26 Å². The van der Waals surface area contributed by atoms with Crippen molar-refractivity contribution >= 4 is 0 Å². The average molecular weight is 180 g/mol. The summed E-state index contributed by atoms with van der Waals surface area (Å²) in [5.74, 6) is 0.607. The Labute approximate surface area is 79.3 Å². The normalized spacial score (nSPS) is 29.2. The van der Waals surface area contributed by atoms with E-state index in [0.717, 1.165) is 26.3 Å². The highest BCUT2D eigenvalue weighted by molar-refractivity contribution is 5.13. The number of rotatable bonds is 2. The summed E-state index contributed by atoms with van der Waals surface area (Å²) in [7, 11) is 0. The maximum absolute atomic E-state index is 9.22. The van der Waals surface area contributed by atoms with Gasteiger partial charge in [0.05, 0.1) is 19.3 Å². The van der Waals surface area contributed by atoms with Crippen LogP contribution >= 0.6 is 0 Å². The zero-order valence-corrected chi connectivity index (χ0v) is 8.12. The van der Waals surface area contributed by atoms with Gasteiger partial charge in [0.2, 0.25) is 0 Å². The van der Waals surface area contributed by atoms with Crippen molar-refractivity contribution in [1.29, 1.82) is 5.26 Å². The SMILES string of the molecule is CC(C#N)(C1CC1)N1CCOCC1. The highest BCUT2D eigenvalue weighted by Gasteiger charge is 2.46. The molecule has 0 aromatic heterocycles. The number of hydrogen-bond donors (Lipinski definition) is 0. The molecule has 0 aromatic carbocycles. The second-order valence-corrected chi connectivity index (χ2v) is 4.13. The first-order valence-electron chi connectivity index (χ1n) is 5.01. The molecule has 1 heterocycles. The predicted octanol–water partition coefficient (Wildman–Crippen LogP) is 1.01. The van der Waals surface area contributed by atoms with Gasteiger partial charge in [0.15, 0.2) is 0 Å². The lowest BCUT2D eigenvalue weighted by molar-refractivity contribution is -0.00461. The van der Waals surface area contributed by atoms with Gasteiger partial charge in [0.1, 0.15) is 5.54 Å². The van der Waals surface area contributed by atoms with E-state index in [-0.39, 0.29) is 5.54 Å². The molecule has 13 heavy (non-hydrogen) atoms. The van der Waals surface area contributed by atoms with E-state index < -0.39 is 0 Å². The Hall–Kier alpha value is -0.590. The highest BCUT2D eigenvalue weighted by atomic mass is 16.5. The molecule has 1 aliphatic carbocycles. The number of ether oxygens (including phenoxy) is 1. The fraction of sp³-hybridized carbons (Fsp3) is 0.900. The van der Waals surface area contributed by atoms with Crippen LogP contribution in [-0.2, 0) is 4.74 Å². The summed E-state index contributed by atoms with van der Waals surface area (Å²) in [5, 5.41) is 9.22. The third-order valence-corrected chi connectivity index (χ3v) is 3.27. The second-order valence-electron chi connectivity index (χ2n) is 4.13. The lowest BCUT2D eigenvalue weighted by Crippen LogP contribution is -2.52. The summed E-state index contributed by atoms with van der Waals surface area (Å²) in [5.41, 5.74) is -0.218. The van der Waals surface area contributed by atoms with Crippen molar-refractivity contribution in [2.45, 2.75) is 25.3 Å². The van der Waals surface area contributed by atoms with E-state index in [2.05, 4.69) is 17.9 Å². The van der Waals surface area contributed by atoms with Crippen molar-refractivity contribution in [2.75, 3.05) is 26.3 Å². The molecule has 2 fully saturated rings. The molecule has 0 N–H and O–H groups in total. The smallest absolute Gasteiger partial charge is 0.109 e. The fourth-order valence-corrected chi connectivity index (χ4v) is 2.09. The Morgan fingerprint density at radius 2 is 2.00 bits per heavy atom. The Bertz CT molecular complexity index is 226. The molecular weight excluding hydrogens is 164 g/mol. The quantitative estimate of drug-likeness (QED) is 0.636. The number of hydrogen-bond acceptors (Lipinski definition) is 3. The summed E-state index contributed by atoms with van der Waals surface area (Å²) >= 11 is 0. The van der Waals surface area contributed by atoms with E-state index in [1.165, 1.54) is 12.8 Å². The summed E-state index contributed by atoms with van der Waals surface area (Å²) in [4.78, 5) is 2.29. The number of nitrogens with zero attached hydrogens (tertiary/aromatic N) is 2. The van der Waals surface area contributed by atoms with E-state index in [9.17, 15) is 5.26 Å². The van der Waals surface area contributed by atoms with E-state index in [1.807, 2.05) is 0 Å². The van der Waals surface area contributed by atoms with Crippen LogP contribution in [0.3, 0.4) is 0 Å². The number of morpholine rings is 1. The molecular formula is C10H16N2O. The van der Waals surface area contributed by atoms with E-state index in [4.69, 9.17) is 4.74 Å². The third-order valence-electron chi connectivity index (χ3n) is 3.27. The molecule has 1 unspecified atom stereocenters. The minimum absolute atomic E-state index is 0.218. The van der Waals surface area contributed by atoms with E-state index >= 15 is 0 Å². The first kappa shape index (κ1) is 8.98. The van der Waals surface area contributed by atoms with Gasteiger partial charge in [-0.05, 0) is 25.7 Å². The van der Waals surface area contributed by atoms with Gasteiger partial charge in [0.25, 0.3) is 0 Å². The fourth-order valence-electron chi connectivity index (χ4n) is 2.09. The molecule has 1 saturated heterocycles. The van der Waals surface area contributed by atoms with Crippen molar-refractivity contribution in [3.63, 3.8) is 0 Å². The van der Waals surface area contributed by atoms with Crippen molar-refractivity contribution in [3.05, 3.63) is 0 Å². The topological polar surface area (TPSA) is 36.3 Å². The van der Waals surface area contributed by atoms with Crippen molar-refractivity contribution in [1.82, 2.24) is 4.90 Å². The van der Waals surface area contributed by atoms with E-state index in [1.54, 1.807) is 0 Å². The lowest BCUT2D eigenvalue weighted by atomic mass is 9.95. The first-order chi connectivity index (χ1) is 6.27. The van der Waals surface area contributed by atoms with E-state index in [0.29, 0.717) is 5.92 Å². The summed E-state index contributed by atoms with van der Waals surface area (Å²) < 4.78 is 5.29. The Morgan fingerprint density at radius 1 is 1.38 bits per heavy atom. The molecule has 0 spiro atoms. The molecule has 3 nitrogen and oxygen atoms in total. The maximum atomic E-state index is 9.22. The molecule has 0 aromatic rings. The van der Waals surface area contributed by atoms with Crippen molar-refractivity contribution in [3.8, 4) is 6.07 Å². The van der Waals surface area contributed by atoms with Crippen LogP contribution in [0.4, 0.5) is 0 Å². The van der Waals surface area contributed by atoms with Gasteiger partial charge in [-0.25, -0.2) is 0 Å². The summed E-state index contributed by atoms with van der Waals surface area (Å²) in [6.07, 6.45) is 2.45. The van der Waals surface area contributed by atoms with Crippen LogP contribution in [0.15, 0.2) is 0 Å². The predicted molar refractivity (Wildman–Crippen MR) is 49.1 cm³/mol. The maximum Gasteiger partial charge on any atom is 0.109 e. The molecule has 1 saturated carbocycles. The molecule has 1 aliphatic heterocycles. The van der Waals surface area contributed by atoms with Gasteiger partial charge < -0.3 is 4.74 Å². The minimum Gasteiger partial charge on any atom is -0.379 e. The van der Waals surface area contributed by atoms with Crippen LogP contribution in [0.25, 0.3) is 0 Å². The van der Waals surface area contributed by atoms with Crippen LogP contribution in [0.1, 0.15) is 19.8 Å². The molecule has 1 atom stereocenters. The zero-order valence-electron chi connectivity index (χ0n) is 8.12. The Kier molecular flexibility index (Phi) is 2.27. The molecule has 0 radical (unpaired) electrons. The van der Waals surface area contributed by atoms with Crippen LogP contribution in [0, 0.1) is 17.2 Å². The summed E-state index contributed by atoms with van der Waals surface area (Å²) in [6, 6.07) is 2.48. The number of nitriles is 1. The average Bonchev–Trinajstić information content (AvgIpc) is 3.02. The van der Waals surface area contributed by atoms with Gasteiger partial charge in [0, 0.05) is 13.1 Å². The largest absolute Gasteiger partial charge is 0.379 e. The first-order valence-corrected chi connectivity index (χ1v) is 5.01.